The van der Waals surface area contributed by atoms with Crippen molar-refractivity contribution in [2.45, 2.75) is 25.8 Å². The van der Waals surface area contributed by atoms with Crippen molar-refractivity contribution in [2.75, 3.05) is 13.7 Å². The Balaban J connectivity index is 2.19. The van der Waals surface area contributed by atoms with Crippen LogP contribution >= 0.6 is 0 Å². The largest absolute Gasteiger partial charge is 0.497 e. The zero-order chi connectivity index (χ0) is 16.7. The van der Waals surface area contributed by atoms with Gasteiger partial charge in [-0.1, -0.05) is 37.3 Å². The molecule has 0 fully saturated rings. The SMILES string of the molecule is CCc1ccccc1C(=O)NC(CCO)c1ccc(OC)cc1. The van der Waals surface area contributed by atoms with Crippen LogP contribution in [0.5, 0.6) is 5.75 Å². The summed E-state index contributed by atoms with van der Waals surface area (Å²) in [6, 6.07) is 14.9. The summed E-state index contributed by atoms with van der Waals surface area (Å²) in [5.41, 5.74) is 2.65. The van der Waals surface area contributed by atoms with Crippen molar-refractivity contribution in [3.05, 3.63) is 65.2 Å². The van der Waals surface area contributed by atoms with E-state index in [0.717, 1.165) is 23.3 Å². The number of aryl methyl sites for hydroxylation is 1. The number of hydrogen-bond donors (Lipinski definition) is 2. The Morgan fingerprint density at radius 1 is 1.17 bits per heavy atom. The fourth-order valence-corrected chi connectivity index (χ4v) is 2.57. The van der Waals surface area contributed by atoms with Gasteiger partial charge in [-0.05, 0) is 42.2 Å². The van der Waals surface area contributed by atoms with Crippen molar-refractivity contribution >= 4 is 5.91 Å². The molecule has 1 amide bonds. The Morgan fingerprint density at radius 2 is 1.87 bits per heavy atom. The molecule has 1 atom stereocenters. The van der Waals surface area contributed by atoms with Crippen LogP contribution in [0.15, 0.2) is 48.5 Å². The average molecular weight is 313 g/mol. The average Bonchev–Trinajstić information content (AvgIpc) is 2.61. The van der Waals surface area contributed by atoms with E-state index in [0.29, 0.717) is 12.0 Å². The van der Waals surface area contributed by atoms with Crippen LogP contribution in [0.1, 0.15) is 40.9 Å². The predicted octanol–water partition coefficient (Wildman–Crippen LogP) is 3.11. The van der Waals surface area contributed by atoms with Crippen molar-refractivity contribution in [2.24, 2.45) is 0 Å². The number of methoxy groups -OCH3 is 1. The quantitative estimate of drug-likeness (QED) is 0.826. The molecule has 2 N–H and O–H groups in total. The summed E-state index contributed by atoms with van der Waals surface area (Å²) in [5.74, 6) is 0.649. The van der Waals surface area contributed by atoms with Crippen molar-refractivity contribution in [3.63, 3.8) is 0 Å². The normalized spacial score (nSPS) is 11.8. The Hall–Kier alpha value is -2.33. The second-order valence-electron chi connectivity index (χ2n) is 5.32. The molecule has 0 heterocycles. The van der Waals surface area contributed by atoms with Gasteiger partial charge in [0.15, 0.2) is 0 Å². The maximum Gasteiger partial charge on any atom is 0.252 e. The number of carbonyl (C=O) groups is 1. The van der Waals surface area contributed by atoms with Gasteiger partial charge in [0.05, 0.1) is 13.2 Å². The van der Waals surface area contributed by atoms with Crippen LogP contribution in [0.25, 0.3) is 0 Å². The van der Waals surface area contributed by atoms with E-state index in [-0.39, 0.29) is 18.6 Å². The molecule has 2 aromatic rings. The number of aliphatic hydroxyl groups excluding tert-OH is 1. The van der Waals surface area contributed by atoms with Gasteiger partial charge in [-0.25, -0.2) is 0 Å². The standard InChI is InChI=1S/C19H23NO3/c1-3-14-6-4-5-7-17(14)19(22)20-18(12-13-21)15-8-10-16(23-2)11-9-15/h4-11,18,21H,3,12-13H2,1-2H3,(H,20,22). The number of nitrogens with one attached hydrogen (secondary N) is 1. The number of amides is 1. The highest BCUT2D eigenvalue weighted by atomic mass is 16.5. The molecule has 4 nitrogen and oxygen atoms in total. The Kier molecular flexibility index (Phi) is 6.18. The van der Waals surface area contributed by atoms with Crippen molar-refractivity contribution in [1.29, 1.82) is 0 Å². The van der Waals surface area contributed by atoms with E-state index in [1.54, 1.807) is 7.11 Å². The third-order valence-electron chi connectivity index (χ3n) is 3.88. The van der Waals surface area contributed by atoms with Gasteiger partial charge in [-0.15, -0.1) is 0 Å². The van der Waals surface area contributed by atoms with E-state index in [1.807, 2.05) is 55.5 Å². The molecular weight excluding hydrogens is 290 g/mol. The molecule has 0 aliphatic carbocycles. The van der Waals surface area contributed by atoms with E-state index in [4.69, 9.17) is 4.74 Å². The smallest absolute Gasteiger partial charge is 0.252 e. The maximum absolute atomic E-state index is 12.6. The molecule has 0 aromatic heterocycles. The minimum absolute atomic E-state index is 0.00635. The molecule has 0 aliphatic rings. The summed E-state index contributed by atoms with van der Waals surface area (Å²) < 4.78 is 5.15. The summed E-state index contributed by atoms with van der Waals surface area (Å²) in [4.78, 5) is 12.6. The lowest BCUT2D eigenvalue weighted by atomic mass is 10.0. The van der Waals surface area contributed by atoms with Gasteiger partial charge in [0, 0.05) is 12.2 Å². The minimum Gasteiger partial charge on any atom is -0.497 e. The first-order chi connectivity index (χ1) is 11.2. The monoisotopic (exact) mass is 313 g/mol. The topological polar surface area (TPSA) is 58.6 Å². The fraction of sp³-hybridized carbons (Fsp3) is 0.316. The first kappa shape index (κ1) is 17.0. The second kappa shape index (κ2) is 8.34. The van der Waals surface area contributed by atoms with Gasteiger partial charge >= 0.3 is 0 Å². The van der Waals surface area contributed by atoms with Gasteiger partial charge in [0.1, 0.15) is 5.75 Å². The van der Waals surface area contributed by atoms with Crippen LogP contribution in [0.3, 0.4) is 0 Å². The Bertz CT molecular complexity index is 637. The van der Waals surface area contributed by atoms with E-state index < -0.39 is 0 Å². The first-order valence-electron chi connectivity index (χ1n) is 7.83. The number of hydrogen-bond acceptors (Lipinski definition) is 3. The maximum atomic E-state index is 12.6. The summed E-state index contributed by atoms with van der Waals surface area (Å²) in [5, 5.41) is 12.3. The molecule has 23 heavy (non-hydrogen) atoms. The van der Waals surface area contributed by atoms with E-state index in [2.05, 4.69) is 5.32 Å². The van der Waals surface area contributed by atoms with Gasteiger partial charge in [0.25, 0.3) is 5.91 Å². The second-order valence-corrected chi connectivity index (χ2v) is 5.32. The minimum atomic E-state index is -0.233. The molecule has 0 saturated heterocycles. The highest BCUT2D eigenvalue weighted by Gasteiger charge is 2.17. The zero-order valence-corrected chi connectivity index (χ0v) is 13.6. The number of ether oxygens (including phenoxy) is 1. The summed E-state index contributed by atoms with van der Waals surface area (Å²) >= 11 is 0. The summed E-state index contributed by atoms with van der Waals surface area (Å²) in [6.07, 6.45) is 1.27. The number of carbonyl (C=O) groups excluding carboxylic acids is 1. The molecule has 2 aromatic carbocycles. The van der Waals surface area contributed by atoms with Gasteiger partial charge in [0.2, 0.25) is 0 Å². The number of aliphatic hydroxyl groups is 1. The van der Waals surface area contributed by atoms with Crippen LogP contribution < -0.4 is 10.1 Å². The van der Waals surface area contributed by atoms with Gasteiger partial charge < -0.3 is 15.2 Å². The molecule has 4 heteroatoms. The van der Waals surface area contributed by atoms with Crippen LogP contribution in [-0.2, 0) is 6.42 Å². The molecule has 0 radical (unpaired) electrons. The third-order valence-corrected chi connectivity index (χ3v) is 3.88. The highest BCUT2D eigenvalue weighted by molar-refractivity contribution is 5.95. The van der Waals surface area contributed by atoms with Crippen molar-refractivity contribution in [3.8, 4) is 5.75 Å². The Morgan fingerprint density at radius 3 is 2.48 bits per heavy atom. The van der Waals surface area contributed by atoms with Crippen molar-refractivity contribution < 1.29 is 14.6 Å². The van der Waals surface area contributed by atoms with Gasteiger partial charge in [-0.3, -0.25) is 4.79 Å². The lowest BCUT2D eigenvalue weighted by Gasteiger charge is -2.19. The van der Waals surface area contributed by atoms with E-state index in [1.165, 1.54) is 0 Å². The fourth-order valence-electron chi connectivity index (χ4n) is 2.57. The van der Waals surface area contributed by atoms with Crippen LogP contribution in [0.2, 0.25) is 0 Å². The molecule has 122 valence electrons. The number of benzene rings is 2. The van der Waals surface area contributed by atoms with Crippen LogP contribution in [0, 0.1) is 0 Å². The number of rotatable bonds is 7. The zero-order valence-electron chi connectivity index (χ0n) is 13.6. The van der Waals surface area contributed by atoms with E-state index in [9.17, 15) is 9.90 Å². The lowest BCUT2D eigenvalue weighted by Crippen LogP contribution is -2.30. The first-order valence-corrected chi connectivity index (χ1v) is 7.83. The summed E-state index contributed by atoms with van der Waals surface area (Å²) in [6.45, 7) is 2.03. The molecule has 0 spiro atoms. The highest BCUT2D eigenvalue weighted by Crippen LogP contribution is 2.21. The van der Waals surface area contributed by atoms with Crippen LogP contribution in [-0.4, -0.2) is 24.7 Å². The Labute approximate surface area is 137 Å². The predicted molar refractivity (Wildman–Crippen MR) is 90.7 cm³/mol. The third kappa shape index (κ3) is 4.33. The molecule has 0 saturated carbocycles. The van der Waals surface area contributed by atoms with Crippen LogP contribution in [0.4, 0.5) is 0 Å². The van der Waals surface area contributed by atoms with Crippen molar-refractivity contribution in [1.82, 2.24) is 5.32 Å². The molecule has 1 unspecified atom stereocenters. The lowest BCUT2D eigenvalue weighted by molar-refractivity contribution is 0.0929. The van der Waals surface area contributed by atoms with Gasteiger partial charge in [-0.2, -0.15) is 0 Å². The molecular formula is C19H23NO3. The summed E-state index contributed by atoms with van der Waals surface area (Å²) in [7, 11) is 1.61. The molecule has 0 aliphatic heterocycles. The van der Waals surface area contributed by atoms with E-state index >= 15 is 0 Å². The molecule has 0 bridgehead atoms. The molecule has 2 rings (SSSR count).